The Bertz CT molecular complexity index is 641. The van der Waals surface area contributed by atoms with E-state index in [-0.39, 0.29) is 6.10 Å². The zero-order valence-corrected chi connectivity index (χ0v) is 17.6. The average molecular weight is 385 g/mol. The van der Waals surface area contributed by atoms with Gasteiger partial charge in [0, 0.05) is 0 Å². The van der Waals surface area contributed by atoms with Crippen molar-refractivity contribution >= 4 is 0 Å². The minimum absolute atomic E-state index is 0.383. The van der Waals surface area contributed by atoms with Crippen LogP contribution in [0.3, 0.4) is 0 Å². The molecule has 1 unspecified atom stereocenters. The Morgan fingerprint density at radius 3 is 2.11 bits per heavy atom. The fraction of sp³-hybridized carbons (Fsp3) is 0.760. The van der Waals surface area contributed by atoms with Gasteiger partial charge in [-0.15, -0.1) is 0 Å². The summed E-state index contributed by atoms with van der Waals surface area (Å²) in [5.41, 5.74) is 2.01. The lowest BCUT2D eigenvalue weighted by molar-refractivity contribution is -0.916. The van der Waals surface area contributed by atoms with Crippen LogP contribution in [0.2, 0.25) is 0 Å². The lowest BCUT2D eigenvalue weighted by Gasteiger charge is -2.57. The van der Waals surface area contributed by atoms with Crippen LogP contribution in [0.25, 0.3) is 0 Å². The number of likely N-dealkylation sites (N-methyl/N-ethyl adjacent to an activating group) is 1. The molecule has 5 fully saturated rings. The van der Waals surface area contributed by atoms with Crippen molar-refractivity contribution in [3.63, 3.8) is 0 Å². The van der Waals surface area contributed by atoms with Crippen molar-refractivity contribution in [3.05, 3.63) is 29.8 Å². The SMILES string of the molecule is C[N+]1(CC(O)COc2ccc(C34CC5CC(CC(C5)C3)C4)cc2)CCCCC1. The van der Waals surface area contributed by atoms with E-state index >= 15 is 0 Å². The van der Waals surface area contributed by atoms with E-state index in [1.807, 2.05) is 0 Å². The van der Waals surface area contributed by atoms with Gasteiger partial charge in [-0.1, -0.05) is 12.1 Å². The molecule has 0 radical (unpaired) electrons. The highest BCUT2D eigenvalue weighted by Crippen LogP contribution is 2.60. The van der Waals surface area contributed by atoms with Gasteiger partial charge < -0.3 is 14.3 Å². The van der Waals surface area contributed by atoms with Gasteiger partial charge in [-0.3, -0.25) is 0 Å². The van der Waals surface area contributed by atoms with E-state index in [1.165, 1.54) is 70.9 Å². The van der Waals surface area contributed by atoms with E-state index in [0.29, 0.717) is 12.0 Å². The van der Waals surface area contributed by atoms with Gasteiger partial charge in [0.1, 0.15) is 25.0 Å². The Morgan fingerprint density at radius 1 is 0.964 bits per heavy atom. The van der Waals surface area contributed by atoms with E-state index in [1.54, 1.807) is 5.56 Å². The normalized spacial score (nSPS) is 37.0. The van der Waals surface area contributed by atoms with Crippen LogP contribution in [-0.2, 0) is 5.41 Å². The largest absolute Gasteiger partial charge is 0.491 e. The number of hydrogen-bond acceptors (Lipinski definition) is 2. The lowest BCUT2D eigenvalue weighted by Crippen LogP contribution is -2.52. The van der Waals surface area contributed by atoms with Gasteiger partial charge in [0.25, 0.3) is 0 Å². The average Bonchev–Trinajstić information content (AvgIpc) is 2.66. The van der Waals surface area contributed by atoms with Gasteiger partial charge >= 0.3 is 0 Å². The van der Waals surface area contributed by atoms with Gasteiger partial charge in [0.2, 0.25) is 0 Å². The van der Waals surface area contributed by atoms with E-state index in [9.17, 15) is 5.11 Å². The zero-order chi connectivity index (χ0) is 19.2. The van der Waals surface area contributed by atoms with E-state index in [2.05, 4.69) is 31.3 Å². The highest BCUT2D eigenvalue weighted by Gasteiger charge is 2.51. The van der Waals surface area contributed by atoms with Gasteiger partial charge in [-0.25, -0.2) is 0 Å². The summed E-state index contributed by atoms with van der Waals surface area (Å²) < 4.78 is 6.96. The summed E-state index contributed by atoms with van der Waals surface area (Å²) in [5.74, 6) is 3.86. The quantitative estimate of drug-likeness (QED) is 0.731. The van der Waals surface area contributed by atoms with E-state index in [0.717, 1.165) is 34.5 Å². The molecule has 4 aliphatic carbocycles. The van der Waals surface area contributed by atoms with Crippen LogP contribution in [0.1, 0.15) is 63.4 Å². The van der Waals surface area contributed by atoms with Gasteiger partial charge in [0.15, 0.2) is 0 Å². The van der Waals surface area contributed by atoms with Crippen LogP contribution in [0.15, 0.2) is 24.3 Å². The van der Waals surface area contributed by atoms with Crippen LogP contribution in [0.5, 0.6) is 5.75 Å². The molecule has 1 aliphatic heterocycles. The summed E-state index contributed by atoms with van der Waals surface area (Å²) in [6.45, 7) is 3.60. The molecule has 0 spiro atoms. The molecule has 28 heavy (non-hydrogen) atoms. The Hall–Kier alpha value is -1.06. The molecule has 1 aromatic rings. The number of likely N-dealkylation sites (tertiary alicyclic amines) is 1. The maximum Gasteiger partial charge on any atom is 0.137 e. The Kier molecular flexibility index (Phi) is 4.95. The number of aliphatic hydroxyl groups is 1. The van der Waals surface area contributed by atoms with Gasteiger partial charge in [-0.2, -0.15) is 0 Å². The summed E-state index contributed by atoms with van der Waals surface area (Å²) in [7, 11) is 2.28. The van der Waals surface area contributed by atoms with Crippen molar-refractivity contribution in [3.8, 4) is 5.75 Å². The van der Waals surface area contributed by atoms with Crippen LogP contribution in [0, 0.1) is 17.8 Å². The summed E-state index contributed by atoms with van der Waals surface area (Å²) in [5, 5.41) is 10.5. The monoisotopic (exact) mass is 384 g/mol. The third-order valence-electron chi connectivity index (χ3n) is 8.49. The predicted molar refractivity (Wildman–Crippen MR) is 112 cm³/mol. The lowest BCUT2D eigenvalue weighted by atomic mass is 9.48. The first kappa shape index (κ1) is 18.9. The highest BCUT2D eigenvalue weighted by molar-refractivity contribution is 5.34. The number of nitrogens with zero attached hydrogens (tertiary/aromatic N) is 1. The van der Waals surface area contributed by atoms with Gasteiger partial charge in [0.05, 0.1) is 20.1 Å². The molecular formula is C25H38NO2+. The van der Waals surface area contributed by atoms with Crippen molar-refractivity contribution in [2.45, 2.75) is 69.3 Å². The van der Waals surface area contributed by atoms with Crippen molar-refractivity contribution in [2.75, 3.05) is 33.3 Å². The van der Waals surface area contributed by atoms with Crippen LogP contribution < -0.4 is 4.74 Å². The number of ether oxygens (including phenoxy) is 1. The number of quaternary nitrogens is 1. The topological polar surface area (TPSA) is 29.5 Å². The molecule has 1 atom stereocenters. The second kappa shape index (κ2) is 7.32. The zero-order valence-electron chi connectivity index (χ0n) is 17.6. The Balaban J connectivity index is 1.18. The Labute approximate surface area is 170 Å². The molecule has 1 heterocycles. The summed E-state index contributed by atoms with van der Waals surface area (Å²) in [4.78, 5) is 0. The van der Waals surface area contributed by atoms with Crippen LogP contribution >= 0.6 is 0 Å². The molecule has 4 saturated carbocycles. The fourth-order valence-corrected chi connectivity index (χ4v) is 7.58. The molecule has 4 bridgehead atoms. The standard InChI is InChI=1S/C25H38NO2/c1-26(9-3-2-4-10-26)17-23(27)18-28-24-7-5-22(6-8-24)25-14-19-11-20(15-25)13-21(12-19)16-25/h5-8,19-21,23,27H,2-4,9-18H2,1H3/q+1. The molecule has 3 heteroatoms. The first-order valence-electron chi connectivity index (χ1n) is 11.8. The number of benzene rings is 1. The maximum atomic E-state index is 10.5. The molecule has 5 aliphatic rings. The summed E-state index contributed by atoms with van der Waals surface area (Å²) in [6, 6.07) is 8.95. The molecule has 154 valence electrons. The number of rotatable bonds is 6. The minimum Gasteiger partial charge on any atom is -0.491 e. The van der Waals surface area contributed by atoms with Crippen LogP contribution in [-0.4, -0.2) is 49.0 Å². The highest BCUT2D eigenvalue weighted by atomic mass is 16.5. The molecule has 0 amide bonds. The number of hydrogen-bond donors (Lipinski definition) is 1. The predicted octanol–water partition coefficient (Wildman–Crippen LogP) is 4.52. The number of aliphatic hydroxyl groups excluding tert-OH is 1. The minimum atomic E-state index is -0.383. The first-order valence-corrected chi connectivity index (χ1v) is 11.8. The molecule has 6 rings (SSSR count). The van der Waals surface area contributed by atoms with E-state index in [4.69, 9.17) is 4.74 Å². The molecule has 3 nitrogen and oxygen atoms in total. The van der Waals surface area contributed by atoms with Crippen molar-refractivity contribution in [2.24, 2.45) is 17.8 Å². The molecular weight excluding hydrogens is 346 g/mol. The summed E-state index contributed by atoms with van der Waals surface area (Å²) in [6.07, 6.45) is 12.3. The third kappa shape index (κ3) is 3.73. The second-order valence-corrected chi connectivity index (χ2v) is 11.0. The summed E-state index contributed by atoms with van der Waals surface area (Å²) >= 11 is 0. The number of piperidine rings is 1. The van der Waals surface area contributed by atoms with Gasteiger partial charge in [-0.05, 0) is 98.7 Å². The smallest absolute Gasteiger partial charge is 0.137 e. The maximum absolute atomic E-state index is 10.5. The van der Waals surface area contributed by atoms with Crippen molar-refractivity contribution in [1.29, 1.82) is 0 Å². The first-order chi connectivity index (χ1) is 13.5. The van der Waals surface area contributed by atoms with Crippen molar-refractivity contribution in [1.82, 2.24) is 0 Å². The molecule has 0 aromatic heterocycles. The third-order valence-corrected chi connectivity index (χ3v) is 8.49. The molecule has 1 aromatic carbocycles. The van der Waals surface area contributed by atoms with Crippen molar-refractivity contribution < 1.29 is 14.3 Å². The van der Waals surface area contributed by atoms with E-state index < -0.39 is 0 Å². The Morgan fingerprint density at radius 2 is 1.54 bits per heavy atom. The second-order valence-electron chi connectivity index (χ2n) is 11.0. The molecule has 1 N–H and O–H groups in total. The molecule has 1 saturated heterocycles. The van der Waals surface area contributed by atoms with Crippen LogP contribution in [0.4, 0.5) is 0 Å². The fourth-order valence-electron chi connectivity index (χ4n) is 7.58.